The van der Waals surface area contributed by atoms with Crippen molar-refractivity contribution in [2.45, 2.75) is 19.9 Å². The van der Waals surface area contributed by atoms with Gasteiger partial charge in [0.15, 0.2) is 0 Å². The Hall–Kier alpha value is -2.44. The van der Waals surface area contributed by atoms with Crippen LogP contribution in [0.25, 0.3) is 11.0 Å². The molecule has 1 aliphatic rings. The molecule has 0 amide bonds. The van der Waals surface area contributed by atoms with Crippen molar-refractivity contribution in [3.05, 3.63) is 47.9 Å². The summed E-state index contributed by atoms with van der Waals surface area (Å²) < 4.78 is 2.04. The van der Waals surface area contributed by atoms with Gasteiger partial charge < -0.3 is 14.4 Å². The maximum Gasteiger partial charge on any atom is 0.134 e. The van der Waals surface area contributed by atoms with Crippen LogP contribution in [-0.2, 0) is 20.0 Å². The molecule has 1 aromatic carbocycles. The van der Waals surface area contributed by atoms with E-state index in [-0.39, 0.29) is 0 Å². The topological polar surface area (TPSA) is 40.4 Å². The predicted octanol–water partition coefficient (Wildman–Crippen LogP) is 3.05. The summed E-state index contributed by atoms with van der Waals surface area (Å²) in [4.78, 5) is 16.1. The van der Waals surface area contributed by atoms with Gasteiger partial charge in [0, 0.05) is 58.6 Å². The number of hydrogen-bond donors (Lipinski definition) is 0. The first-order valence-electron chi connectivity index (χ1n) is 10.1. The third kappa shape index (κ3) is 3.75. The van der Waals surface area contributed by atoms with E-state index in [9.17, 15) is 0 Å². The Morgan fingerprint density at radius 3 is 2.57 bits per heavy atom. The van der Waals surface area contributed by atoms with E-state index in [1.54, 1.807) is 0 Å². The van der Waals surface area contributed by atoms with Crippen molar-refractivity contribution in [3.8, 4) is 0 Å². The van der Waals surface area contributed by atoms with Crippen LogP contribution in [0.2, 0.25) is 0 Å². The molecule has 1 saturated heterocycles. The number of nitrogens with zero attached hydrogens (tertiary/aromatic N) is 6. The highest BCUT2D eigenvalue weighted by Crippen LogP contribution is 2.29. The molecule has 0 spiro atoms. The van der Waals surface area contributed by atoms with E-state index in [0.717, 1.165) is 56.0 Å². The lowest BCUT2D eigenvalue weighted by Gasteiger charge is -2.32. The van der Waals surface area contributed by atoms with Crippen molar-refractivity contribution < 1.29 is 0 Å². The molecule has 6 nitrogen and oxygen atoms in total. The number of imidazole rings is 1. The Bertz CT molecular complexity index is 955. The van der Waals surface area contributed by atoms with Crippen LogP contribution in [0.1, 0.15) is 18.1 Å². The second kappa shape index (κ2) is 7.89. The zero-order valence-electron chi connectivity index (χ0n) is 17.4. The van der Waals surface area contributed by atoms with E-state index in [0.29, 0.717) is 0 Å². The summed E-state index contributed by atoms with van der Waals surface area (Å²) in [6.07, 6.45) is 4.69. The first-order valence-corrected chi connectivity index (χ1v) is 10.1. The maximum atomic E-state index is 4.63. The fourth-order valence-electron chi connectivity index (χ4n) is 3.94. The molecule has 6 heteroatoms. The Morgan fingerprint density at radius 2 is 1.82 bits per heavy atom. The molecule has 4 rings (SSSR count). The van der Waals surface area contributed by atoms with E-state index in [2.05, 4.69) is 70.0 Å². The maximum absolute atomic E-state index is 4.63. The molecular formula is C22H30N6. The molecule has 0 bridgehead atoms. The molecule has 0 radical (unpaired) electrons. The molecule has 28 heavy (non-hydrogen) atoms. The summed E-state index contributed by atoms with van der Waals surface area (Å²) in [5, 5.41) is 0. The molecule has 0 saturated carbocycles. The average Bonchev–Trinajstić information content (AvgIpc) is 3.09. The van der Waals surface area contributed by atoms with Crippen LogP contribution >= 0.6 is 0 Å². The number of aryl methyl sites for hydroxylation is 2. The lowest BCUT2D eigenvalue weighted by Crippen LogP contribution is -2.43. The molecule has 0 unspecified atom stereocenters. The zero-order valence-corrected chi connectivity index (χ0v) is 17.4. The van der Waals surface area contributed by atoms with Crippen molar-refractivity contribution in [1.29, 1.82) is 0 Å². The van der Waals surface area contributed by atoms with Gasteiger partial charge in [-0.3, -0.25) is 4.90 Å². The molecule has 148 valence electrons. The zero-order chi connectivity index (χ0) is 19.7. The number of anilines is 2. The van der Waals surface area contributed by atoms with Gasteiger partial charge in [-0.15, -0.1) is 0 Å². The number of rotatable bonds is 5. The van der Waals surface area contributed by atoms with Gasteiger partial charge in [0.1, 0.15) is 11.3 Å². The third-order valence-electron chi connectivity index (χ3n) is 5.83. The van der Waals surface area contributed by atoms with Gasteiger partial charge in [0.05, 0.1) is 18.0 Å². The molecule has 0 atom stereocenters. The van der Waals surface area contributed by atoms with Gasteiger partial charge >= 0.3 is 0 Å². The minimum atomic E-state index is 0.929. The molecule has 3 aromatic rings. The highest BCUT2D eigenvalue weighted by atomic mass is 15.2. The van der Waals surface area contributed by atoms with Gasteiger partial charge in [-0.25, -0.2) is 9.97 Å². The largest absolute Gasteiger partial charge is 0.334 e. The van der Waals surface area contributed by atoms with E-state index >= 15 is 0 Å². The molecule has 1 aliphatic heterocycles. The first-order chi connectivity index (χ1) is 13.5. The Kier molecular flexibility index (Phi) is 5.33. The van der Waals surface area contributed by atoms with Gasteiger partial charge in [0.25, 0.3) is 0 Å². The summed E-state index contributed by atoms with van der Waals surface area (Å²) >= 11 is 0. The van der Waals surface area contributed by atoms with Crippen LogP contribution in [0.15, 0.2) is 36.8 Å². The highest BCUT2D eigenvalue weighted by molar-refractivity contribution is 5.79. The van der Waals surface area contributed by atoms with E-state index in [1.165, 1.54) is 16.8 Å². The van der Waals surface area contributed by atoms with E-state index in [4.69, 9.17) is 0 Å². The monoisotopic (exact) mass is 378 g/mol. The number of hydrogen-bond acceptors (Lipinski definition) is 5. The second-order valence-electron chi connectivity index (χ2n) is 7.84. The Morgan fingerprint density at radius 1 is 1.04 bits per heavy atom. The normalized spacial score (nSPS) is 16.0. The fourth-order valence-corrected chi connectivity index (χ4v) is 3.94. The Balaban J connectivity index is 1.57. The van der Waals surface area contributed by atoms with Crippen LogP contribution in [0.4, 0.5) is 11.5 Å². The lowest BCUT2D eigenvalue weighted by molar-refractivity contribution is 0.148. The standard InChI is InChI=1S/C22H30N6/c1-5-18-12-17(15-28-10-8-25(2)9-11-28)6-7-20(18)27(4)22-13-21-19(14-23-22)24-16-26(21)3/h6-7,12-14,16H,5,8-11,15H2,1-4H3. The minimum absolute atomic E-state index is 0.929. The summed E-state index contributed by atoms with van der Waals surface area (Å²) in [7, 11) is 6.32. The van der Waals surface area contributed by atoms with E-state index in [1.807, 2.05) is 24.1 Å². The first kappa shape index (κ1) is 18.9. The van der Waals surface area contributed by atoms with Crippen molar-refractivity contribution in [3.63, 3.8) is 0 Å². The van der Waals surface area contributed by atoms with Gasteiger partial charge in [-0.05, 0) is 30.7 Å². The molecule has 0 aliphatic carbocycles. The lowest BCUT2D eigenvalue weighted by atomic mass is 10.0. The molecule has 1 fully saturated rings. The summed E-state index contributed by atoms with van der Waals surface area (Å²) in [6.45, 7) is 7.86. The second-order valence-corrected chi connectivity index (χ2v) is 7.84. The number of likely N-dealkylation sites (N-methyl/N-ethyl adjacent to an activating group) is 1. The Labute approximate surface area is 167 Å². The molecular weight excluding hydrogens is 348 g/mol. The van der Waals surface area contributed by atoms with E-state index < -0.39 is 0 Å². The molecule has 0 N–H and O–H groups in total. The predicted molar refractivity (Wildman–Crippen MR) is 115 cm³/mol. The third-order valence-corrected chi connectivity index (χ3v) is 5.83. The van der Waals surface area contributed by atoms with Crippen LogP contribution in [0, 0.1) is 0 Å². The van der Waals surface area contributed by atoms with Gasteiger partial charge in [-0.1, -0.05) is 19.1 Å². The quantitative estimate of drug-likeness (QED) is 0.682. The smallest absolute Gasteiger partial charge is 0.134 e. The summed E-state index contributed by atoms with van der Waals surface area (Å²) in [5.74, 6) is 0.942. The number of fused-ring (bicyclic) bond motifs is 1. The van der Waals surface area contributed by atoms with Crippen molar-refractivity contribution in [2.24, 2.45) is 7.05 Å². The van der Waals surface area contributed by atoms with Crippen LogP contribution in [-0.4, -0.2) is 64.6 Å². The van der Waals surface area contributed by atoms with Gasteiger partial charge in [0.2, 0.25) is 0 Å². The average molecular weight is 379 g/mol. The molecule has 2 aromatic heterocycles. The SMILES string of the molecule is CCc1cc(CN2CCN(C)CC2)ccc1N(C)c1cc2c(cn1)ncn2C. The fraction of sp³-hybridized carbons (Fsp3) is 0.455. The summed E-state index contributed by atoms with van der Waals surface area (Å²) in [6, 6.07) is 9.00. The number of aromatic nitrogens is 3. The van der Waals surface area contributed by atoms with Crippen LogP contribution < -0.4 is 4.90 Å². The van der Waals surface area contributed by atoms with Crippen molar-refractivity contribution in [1.82, 2.24) is 24.3 Å². The minimum Gasteiger partial charge on any atom is -0.334 e. The van der Waals surface area contributed by atoms with Gasteiger partial charge in [-0.2, -0.15) is 0 Å². The number of benzene rings is 1. The number of pyridine rings is 1. The number of piperazine rings is 1. The molecule has 3 heterocycles. The van der Waals surface area contributed by atoms with Crippen LogP contribution in [0.3, 0.4) is 0 Å². The van der Waals surface area contributed by atoms with Crippen LogP contribution in [0.5, 0.6) is 0 Å². The van der Waals surface area contributed by atoms with Crippen molar-refractivity contribution in [2.75, 3.05) is 45.2 Å². The highest BCUT2D eigenvalue weighted by Gasteiger charge is 2.16. The van der Waals surface area contributed by atoms with Crippen molar-refractivity contribution >= 4 is 22.5 Å². The summed E-state index contributed by atoms with van der Waals surface area (Å²) in [5.41, 5.74) is 6.01.